The van der Waals surface area contributed by atoms with Crippen LogP contribution in [0.2, 0.25) is 0 Å². The lowest BCUT2D eigenvalue weighted by atomic mass is 10.2. The number of carbonyl (C=O) groups is 1. The van der Waals surface area contributed by atoms with Crippen LogP contribution in [-0.2, 0) is 9.53 Å². The molecule has 1 heterocycles. The summed E-state index contributed by atoms with van der Waals surface area (Å²) in [5.74, 6) is 1.10. The maximum Gasteiger partial charge on any atom is 0.250 e. The van der Waals surface area contributed by atoms with Crippen LogP contribution < -0.4 is 20.1 Å². The second kappa shape index (κ2) is 10.6. The van der Waals surface area contributed by atoms with Crippen LogP contribution in [0.25, 0.3) is 6.08 Å². The molecule has 0 radical (unpaired) electrons. The molecular formula is C22H24N2O4S. The standard InChI is InChI=1S/C22H24N2O4S/c1-26-17-11-8-16(9-12-17)10-13-21(25)24-22(29)23-19-6-2-3-7-20(19)28-15-18-5-4-14-27-18/h2-3,6-13,18H,4-5,14-15H2,1H3,(H2,23,24,25,29)/b13-10+. The predicted molar refractivity (Wildman–Crippen MR) is 117 cm³/mol. The van der Waals surface area contributed by atoms with Crippen molar-refractivity contribution in [2.75, 3.05) is 25.6 Å². The zero-order chi connectivity index (χ0) is 20.5. The first-order valence-corrected chi connectivity index (χ1v) is 9.82. The zero-order valence-corrected chi connectivity index (χ0v) is 17.0. The van der Waals surface area contributed by atoms with E-state index in [1.807, 2.05) is 48.5 Å². The van der Waals surface area contributed by atoms with Gasteiger partial charge >= 0.3 is 0 Å². The average molecular weight is 413 g/mol. The maximum absolute atomic E-state index is 12.1. The Hall–Kier alpha value is -2.90. The van der Waals surface area contributed by atoms with E-state index in [2.05, 4.69) is 10.6 Å². The van der Waals surface area contributed by atoms with E-state index < -0.39 is 0 Å². The van der Waals surface area contributed by atoms with Gasteiger partial charge in [0.1, 0.15) is 18.1 Å². The maximum atomic E-state index is 12.1. The Bertz CT molecular complexity index is 861. The molecule has 1 unspecified atom stereocenters. The molecule has 1 atom stereocenters. The number of methoxy groups -OCH3 is 1. The van der Waals surface area contributed by atoms with Crippen LogP contribution in [0, 0.1) is 0 Å². The number of ether oxygens (including phenoxy) is 3. The van der Waals surface area contributed by atoms with Gasteiger partial charge < -0.3 is 19.5 Å². The van der Waals surface area contributed by atoms with Crippen molar-refractivity contribution < 1.29 is 19.0 Å². The first-order valence-electron chi connectivity index (χ1n) is 9.41. The Morgan fingerprint density at radius 2 is 2.03 bits per heavy atom. The minimum absolute atomic E-state index is 0.123. The van der Waals surface area contributed by atoms with Crippen LogP contribution in [0.3, 0.4) is 0 Å². The normalized spacial score (nSPS) is 15.8. The lowest BCUT2D eigenvalue weighted by Crippen LogP contribution is -2.33. The second-order valence-electron chi connectivity index (χ2n) is 6.49. The van der Waals surface area contributed by atoms with Crippen molar-refractivity contribution in [3.63, 3.8) is 0 Å². The number of amides is 1. The number of rotatable bonds is 7. The highest BCUT2D eigenvalue weighted by Gasteiger charge is 2.17. The zero-order valence-electron chi connectivity index (χ0n) is 16.2. The molecule has 2 aromatic carbocycles. The highest BCUT2D eigenvalue weighted by atomic mass is 32.1. The average Bonchev–Trinajstić information content (AvgIpc) is 3.25. The topological polar surface area (TPSA) is 68.8 Å². The number of hydrogen-bond acceptors (Lipinski definition) is 5. The number of benzene rings is 2. The number of anilines is 1. The molecule has 152 valence electrons. The molecule has 1 fully saturated rings. The van der Waals surface area contributed by atoms with Crippen LogP contribution in [0.15, 0.2) is 54.6 Å². The van der Waals surface area contributed by atoms with E-state index in [9.17, 15) is 4.79 Å². The summed E-state index contributed by atoms with van der Waals surface area (Å²) in [5.41, 5.74) is 1.57. The molecule has 2 N–H and O–H groups in total. The van der Waals surface area contributed by atoms with Crippen molar-refractivity contribution in [1.82, 2.24) is 5.32 Å². The van der Waals surface area contributed by atoms with Crippen molar-refractivity contribution in [3.8, 4) is 11.5 Å². The van der Waals surface area contributed by atoms with E-state index in [-0.39, 0.29) is 17.1 Å². The van der Waals surface area contributed by atoms with E-state index in [1.165, 1.54) is 6.08 Å². The monoisotopic (exact) mass is 412 g/mol. The quantitative estimate of drug-likeness (QED) is 0.533. The third kappa shape index (κ3) is 6.58. The molecule has 1 amide bonds. The Kier molecular flexibility index (Phi) is 7.61. The molecule has 7 heteroatoms. The van der Waals surface area contributed by atoms with E-state index in [4.69, 9.17) is 26.4 Å². The molecule has 0 bridgehead atoms. The number of para-hydroxylation sites is 2. The Morgan fingerprint density at radius 3 is 2.76 bits per heavy atom. The third-order valence-corrected chi connectivity index (χ3v) is 4.57. The Morgan fingerprint density at radius 1 is 1.24 bits per heavy atom. The van der Waals surface area contributed by atoms with Crippen LogP contribution in [0.4, 0.5) is 5.69 Å². The fourth-order valence-corrected chi connectivity index (χ4v) is 3.06. The number of hydrogen-bond donors (Lipinski definition) is 2. The summed E-state index contributed by atoms with van der Waals surface area (Å²) in [5, 5.41) is 5.85. The second-order valence-corrected chi connectivity index (χ2v) is 6.90. The molecule has 2 aromatic rings. The van der Waals surface area contributed by atoms with Gasteiger partial charge in [-0.1, -0.05) is 24.3 Å². The molecule has 6 nitrogen and oxygen atoms in total. The fourth-order valence-electron chi connectivity index (χ4n) is 2.85. The van der Waals surface area contributed by atoms with Crippen molar-refractivity contribution in [3.05, 3.63) is 60.2 Å². The van der Waals surface area contributed by atoms with Gasteiger partial charge in [0.05, 0.1) is 18.9 Å². The summed E-state index contributed by atoms with van der Waals surface area (Å²) in [6, 6.07) is 14.8. The summed E-state index contributed by atoms with van der Waals surface area (Å²) in [7, 11) is 1.61. The minimum Gasteiger partial charge on any atom is -0.497 e. The molecule has 1 aliphatic rings. The SMILES string of the molecule is COc1ccc(/C=C/C(=O)NC(=S)Nc2ccccc2OCC2CCCO2)cc1. The number of nitrogens with one attached hydrogen (secondary N) is 2. The molecule has 0 saturated carbocycles. The first-order chi connectivity index (χ1) is 14.1. The van der Waals surface area contributed by atoms with Gasteiger partial charge in [0.25, 0.3) is 0 Å². The molecular weight excluding hydrogens is 388 g/mol. The summed E-state index contributed by atoms with van der Waals surface area (Å²) in [4.78, 5) is 12.1. The van der Waals surface area contributed by atoms with E-state index in [0.29, 0.717) is 18.0 Å². The van der Waals surface area contributed by atoms with E-state index in [1.54, 1.807) is 13.2 Å². The van der Waals surface area contributed by atoms with Crippen molar-refractivity contribution in [2.45, 2.75) is 18.9 Å². The summed E-state index contributed by atoms with van der Waals surface area (Å²) in [6.07, 6.45) is 5.32. The highest BCUT2D eigenvalue weighted by molar-refractivity contribution is 7.80. The minimum atomic E-state index is -0.323. The molecule has 1 saturated heterocycles. The van der Waals surface area contributed by atoms with Gasteiger partial charge in [-0.2, -0.15) is 0 Å². The molecule has 0 aliphatic carbocycles. The molecule has 29 heavy (non-hydrogen) atoms. The van der Waals surface area contributed by atoms with Gasteiger partial charge in [0.15, 0.2) is 5.11 Å². The van der Waals surface area contributed by atoms with Crippen molar-refractivity contribution in [2.24, 2.45) is 0 Å². The molecule has 3 rings (SSSR count). The van der Waals surface area contributed by atoms with Crippen molar-refractivity contribution >= 4 is 35.0 Å². The largest absolute Gasteiger partial charge is 0.497 e. The van der Waals surface area contributed by atoms with Crippen LogP contribution in [0.5, 0.6) is 11.5 Å². The third-order valence-electron chi connectivity index (χ3n) is 4.36. The molecule has 0 aromatic heterocycles. The smallest absolute Gasteiger partial charge is 0.250 e. The lowest BCUT2D eigenvalue weighted by Gasteiger charge is -2.16. The highest BCUT2D eigenvalue weighted by Crippen LogP contribution is 2.25. The van der Waals surface area contributed by atoms with Crippen LogP contribution in [0.1, 0.15) is 18.4 Å². The van der Waals surface area contributed by atoms with Crippen molar-refractivity contribution in [1.29, 1.82) is 0 Å². The summed E-state index contributed by atoms with van der Waals surface area (Å²) >= 11 is 5.25. The van der Waals surface area contributed by atoms with Gasteiger partial charge in [-0.25, -0.2) is 0 Å². The molecule has 1 aliphatic heterocycles. The number of carbonyl (C=O) groups excluding carboxylic acids is 1. The molecule has 0 spiro atoms. The van der Waals surface area contributed by atoms with Gasteiger partial charge in [-0.05, 0) is 61.0 Å². The van der Waals surface area contributed by atoms with Crippen LogP contribution >= 0.6 is 12.2 Å². The summed E-state index contributed by atoms with van der Waals surface area (Å²) in [6.45, 7) is 1.27. The van der Waals surface area contributed by atoms with Gasteiger partial charge in [0, 0.05) is 12.7 Å². The van der Waals surface area contributed by atoms with E-state index in [0.717, 1.165) is 30.8 Å². The van der Waals surface area contributed by atoms with Crippen LogP contribution in [-0.4, -0.2) is 37.4 Å². The summed E-state index contributed by atoms with van der Waals surface area (Å²) < 4.78 is 16.6. The van der Waals surface area contributed by atoms with Gasteiger partial charge in [-0.15, -0.1) is 0 Å². The Labute approximate surface area is 175 Å². The predicted octanol–water partition coefficient (Wildman–Crippen LogP) is 3.78. The number of thiocarbonyl (C=S) groups is 1. The van der Waals surface area contributed by atoms with Gasteiger partial charge in [-0.3, -0.25) is 10.1 Å². The Balaban J connectivity index is 1.51. The van der Waals surface area contributed by atoms with E-state index >= 15 is 0 Å². The fraction of sp³-hybridized carbons (Fsp3) is 0.273. The lowest BCUT2D eigenvalue weighted by molar-refractivity contribution is -0.115. The first kappa shape index (κ1) is 20.8. The van der Waals surface area contributed by atoms with Gasteiger partial charge in [0.2, 0.25) is 5.91 Å².